The van der Waals surface area contributed by atoms with E-state index in [9.17, 15) is 4.79 Å². The van der Waals surface area contributed by atoms with Crippen LogP contribution in [0.1, 0.15) is 35.3 Å². The van der Waals surface area contributed by atoms with Gasteiger partial charge in [0.15, 0.2) is 5.82 Å². The summed E-state index contributed by atoms with van der Waals surface area (Å²) in [6.07, 6.45) is 5.00. The van der Waals surface area contributed by atoms with Crippen LogP contribution in [0.3, 0.4) is 0 Å². The van der Waals surface area contributed by atoms with Crippen molar-refractivity contribution in [3.63, 3.8) is 0 Å². The van der Waals surface area contributed by atoms with E-state index in [4.69, 9.17) is 10.3 Å². The van der Waals surface area contributed by atoms with Crippen LogP contribution in [0.4, 0.5) is 5.69 Å². The zero-order chi connectivity index (χ0) is 20.9. The van der Waals surface area contributed by atoms with Gasteiger partial charge in [-0.15, -0.1) is 0 Å². The molecule has 4 rings (SSSR count). The summed E-state index contributed by atoms with van der Waals surface area (Å²) in [7, 11) is 0. The SMILES string of the molecule is CC(=O)Nc1ccc(Cc2noc(CCc3ccc4[nH]cc(CCN)c4c3)n2)cc1. The first-order chi connectivity index (χ1) is 14.6. The number of carbonyl (C=O) groups excluding carboxylic acids is 1. The van der Waals surface area contributed by atoms with Crippen LogP contribution in [0.15, 0.2) is 53.2 Å². The molecule has 2 heterocycles. The topological polar surface area (TPSA) is 110 Å². The van der Waals surface area contributed by atoms with E-state index in [0.717, 1.165) is 29.6 Å². The highest BCUT2D eigenvalue weighted by molar-refractivity contribution is 5.88. The van der Waals surface area contributed by atoms with Gasteiger partial charge in [-0.25, -0.2) is 0 Å². The number of hydrogen-bond donors (Lipinski definition) is 3. The minimum Gasteiger partial charge on any atom is -0.361 e. The lowest BCUT2D eigenvalue weighted by Crippen LogP contribution is -2.05. The highest BCUT2D eigenvalue weighted by atomic mass is 16.5. The molecule has 4 N–H and O–H groups in total. The lowest BCUT2D eigenvalue weighted by molar-refractivity contribution is -0.114. The van der Waals surface area contributed by atoms with Crippen LogP contribution in [-0.4, -0.2) is 27.6 Å². The molecule has 0 atom stereocenters. The number of amides is 1. The third-order valence-corrected chi connectivity index (χ3v) is 5.02. The van der Waals surface area contributed by atoms with E-state index in [2.05, 4.69) is 38.6 Å². The second-order valence-corrected chi connectivity index (χ2v) is 7.39. The number of aromatic amines is 1. The number of aryl methyl sites for hydroxylation is 2. The second kappa shape index (κ2) is 8.92. The number of nitrogens with one attached hydrogen (secondary N) is 2. The molecule has 154 valence electrons. The number of aromatic nitrogens is 3. The standard InChI is InChI=1S/C23H25N5O2/c1-15(29)26-19-6-2-17(3-7-19)13-22-27-23(30-28-22)9-5-16-4-8-21-20(12-16)18(10-11-24)14-25-21/h2-4,6-8,12,14,25H,5,9-11,13,24H2,1H3,(H,26,29). The van der Waals surface area contributed by atoms with Crippen molar-refractivity contribution in [1.29, 1.82) is 0 Å². The van der Waals surface area contributed by atoms with Crippen LogP contribution < -0.4 is 11.1 Å². The zero-order valence-corrected chi connectivity index (χ0v) is 16.9. The first kappa shape index (κ1) is 19.8. The molecule has 0 aliphatic carbocycles. The Morgan fingerprint density at radius 1 is 1.10 bits per heavy atom. The molecule has 7 nitrogen and oxygen atoms in total. The number of hydrogen-bond acceptors (Lipinski definition) is 5. The highest BCUT2D eigenvalue weighted by Crippen LogP contribution is 2.21. The van der Waals surface area contributed by atoms with Gasteiger partial charge in [-0.2, -0.15) is 4.98 Å². The van der Waals surface area contributed by atoms with Crippen molar-refractivity contribution >= 4 is 22.5 Å². The lowest BCUT2D eigenvalue weighted by atomic mass is 10.0. The van der Waals surface area contributed by atoms with Gasteiger partial charge in [-0.3, -0.25) is 4.79 Å². The molecule has 7 heteroatoms. The number of benzene rings is 2. The summed E-state index contributed by atoms with van der Waals surface area (Å²) in [6.45, 7) is 2.13. The van der Waals surface area contributed by atoms with Crippen molar-refractivity contribution in [1.82, 2.24) is 15.1 Å². The molecule has 0 spiro atoms. The molecule has 0 aliphatic rings. The average molecular weight is 403 g/mol. The van der Waals surface area contributed by atoms with Crippen LogP contribution >= 0.6 is 0 Å². The molecular weight excluding hydrogens is 378 g/mol. The Morgan fingerprint density at radius 3 is 2.67 bits per heavy atom. The van der Waals surface area contributed by atoms with E-state index in [1.807, 2.05) is 30.5 Å². The molecule has 2 aromatic heterocycles. The van der Waals surface area contributed by atoms with E-state index in [-0.39, 0.29) is 5.91 Å². The van der Waals surface area contributed by atoms with Crippen LogP contribution in [0.2, 0.25) is 0 Å². The monoisotopic (exact) mass is 403 g/mol. The Morgan fingerprint density at radius 2 is 1.90 bits per heavy atom. The molecule has 0 aliphatic heterocycles. The number of nitrogens with two attached hydrogens (primary N) is 1. The number of rotatable bonds is 8. The highest BCUT2D eigenvalue weighted by Gasteiger charge is 2.09. The van der Waals surface area contributed by atoms with Gasteiger partial charge in [0.1, 0.15) is 0 Å². The van der Waals surface area contributed by atoms with Crippen molar-refractivity contribution in [3.05, 3.63) is 77.1 Å². The number of carbonyl (C=O) groups is 1. The molecule has 0 unspecified atom stereocenters. The maximum atomic E-state index is 11.1. The summed E-state index contributed by atoms with van der Waals surface area (Å²) in [5.74, 6) is 1.21. The molecule has 0 saturated heterocycles. The minimum absolute atomic E-state index is 0.0863. The predicted molar refractivity (Wildman–Crippen MR) is 116 cm³/mol. The summed E-state index contributed by atoms with van der Waals surface area (Å²) in [4.78, 5) is 18.9. The fourth-order valence-corrected chi connectivity index (χ4v) is 3.55. The van der Waals surface area contributed by atoms with Gasteiger partial charge in [0.2, 0.25) is 11.8 Å². The van der Waals surface area contributed by atoms with Gasteiger partial charge in [-0.1, -0.05) is 23.4 Å². The number of nitrogens with zero attached hydrogens (tertiary/aromatic N) is 2. The van der Waals surface area contributed by atoms with Gasteiger partial charge in [0.25, 0.3) is 0 Å². The largest absolute Gasteiger partial charge is 0.361 e. The van der Waals surface area contributed by atoms with Crippen LogP contribution in [0.25, 0.3) is 10.9 Å². The van der Waals surface area contributed by atoms with E-state index in [1.54, 1.807) is 0 Å². The molecule has 0 fully saturated rings. The van der Waals surface area contributed by atoms with Crippen LogP contribution in [-0.2, 0) is 30.5 Å². The molecule has 0 bridgehead atoms. The smallest absolute Gasteiger partial charge is 0.226 e. The minimum atomic E-state index is -0.0863. The van der Waals surface area contributed by atoms with Crippen molar-refractivity contribution in [2.24, 2.45) is 5.73 Å². The third kappa shape index (κ3) is 4.75. The first-order valence-corrected chi connectivity index (χ1v) is 10.1. The van der Waals surface area contributed by atoms with Crippen molar-refractivity contribution in [3.8, 4) is 0 Å². The third-order valence-electron chi connectivity index (χ3n) is 5.02. The number of fused-ring (bicyclic) bond motifs is 1. The second-order valence-electron chi connectivity index (χ2n) is 7.39. The van der Waals surface area contributed by atoms with Crippen molar-refractivity contribution < 1.29 is 9.32 Å². The summed E-state index contributed by atoms with van der Waals surface area (Å²) in [5.41, 5.74) is 11.1. The summed E-state index contributed by atoms with van der Waals surface area (Å²) in [6, 6.07) is 14.1. The van der Waals surface area contributed by atoms with Crippen molar-refractivity contribution in [2.45, 2.75) is 32.6 Å². The Balaban J connectivity index is 1.37. The molecule has 4 aromatic rings. The Bertz CT molecular complexity index is 1140. The summed E-state index contributed by atoms with van der Waals surface area (Å²) in [5, 5.41) is 8.08. The van der Waals surface area contributed by atoms with E-state index in [0.29, 0.717) is 31.1 Å². The molecule has 2 aromatic carbocycles. The number of anilines is 1. The fraction of sp³-hybridized carbons (Fsp3) is 0.261. The lowest BCUT2D eigenvalue weighted by Gasteiger charge is -2.02. The summed E-state index contributed by atoms with van der Waals surface area (Å²) < 4.78 is 5.43. The normalized spacial score (nSPS) is 11.1. The van der Waals surface area contributed by atoms with Gasteiger partial charge in [-0.05, 0) is 60.3 Å². The van der Waals surface area contributed by atoms with Gasteiger partial charge < -0.3 is 20.6 Å². The maximum absolute atomic E-state index is 11.1. The maximum Gasteiger partial charge on any atom is 0.226 e. The van der Waals surface area contributed by atoms with Gasteiger partial charge >= 0.3 is 0 Å². The molecule has 1 amide bonds. The Kier molecular flexibility index (Phi) is 5.90. The number of H-pyrrole nitrogens is 1. The van der Waals surface area contributed by atoms with Gasteiger partial charge in [0, 0.05) is 42.6 Å². The summed E-state index contributed by atoms with van der Waals surface area (Å²) >= 11 is 0. The van der Waals surface area contributed by atoms with E-state index in [1.165, 1.54) is 23.4 Å². The van der Waals surface area contributed by atoms with E-state index < -0.39 is 0 Å². The van der Waals surface area contributed by atoms with Crippen LogP contribution in [0, 0.1) is 0 Å². The Labute approximate surface area is 174 Å². The molecule has 0 saturated carbocycles. The average Bonchev–Trinajstić information content (AvgIpc) is 3.35. The first-order valence-electron chi connectivity index (χ1n) is 10.1. The predicted octanol–water partition coefficient (Wildman–Crippen LogP) is 3.39. The van der Waals surface area contributed by atoms with E-state index >= 15 is 0 Å². The van der Waals surface area contributed by atoms with Crippen LogP contribution in [0.5, 0.6) is 0 Å². The zero-order valence-electron chi connectivity index (χ0n) is 16.9. The molecule has 30 heavy (non-hydrogen) atoms. The molecule has 0 radical (unpaired) electrons. The Hall–Kier alpha value is -3.45. The quantitative estimate of drug-likeness (QED) is 0.418. The van der Waals surface area contributed by atoms with Gasteiger partial charge in [0.05, 0.1) is 0 Å². The van der Waals surface area contributed by atoms with Crippen molar-refractivity contribution in [2.75, 3.05) is 11.9 Å². The fourth-order valence-electron chi connectivity index (χ4n) is 3.55. The molecular formula is C23H25N5O2.